The van der Waals surface area contributed by atoms with Gasteiger partial charge in [0, 0.05) is 6.42 Å². The normalized spacial score (nSPS) is 11.4. The molecular formula is C28H56O2. The van der Waals surface area contributed by atoms with Crippen LogP contribution in [0, 0.1) is 5.92 Å². The van der Waals surface area contributed by atoms with Gasteiger partial charge in [-0.15, -0.1) is 0 Å². The molecule has 180 valence electrons. The first kappa shape index (κ1) is 29.5. The Bertz CT molecular complexity index is 338. The lowest BCUT2D eigenvalue weighted by Crippen LogP contribution is -1.93. The summed E-state index contributed by atoms with van der Waals surface area (Å²) >= 11 is 0. The van der Waals surface area contributed by atoms with E-state index in [9.17, 15) is 4.79 Å². The Labute approximate surface area is 190 Å². The second-order valence-corrected chi connectivity index (χ2v) is 10.1. The number of rotatable bonds is 25. The fourth-order valence-corrected chi connectivity index (χ4v) is 4.36. The van der Waals surface area contributed by atoms with E-state index in [1.165, 1.54) is 135 Å². The third kappa shape index (κ3) is 27.5. The summed E-state index contributed by atoms with van der Waals surface area (Å²) in [5, 5.41) is 8.60. The van der Waals surface area contributed by atoms with Gasteiger partial charge in [-0.25, -0.2) is 0 Å². The van der Waals surface area contributed by atoms with Crippen LogP contribution in [0.25, 0.3) is 0 Å². The lowest BCUT2D eigenvalue weighted by Gasteiger charge is -2.05. The van der Waals surface area contributed by atoms with E-state index in [1.807, 2.05) is 0 Å². The molecule has 1 N–H and O–H groups in total. The van der Waals surface area contributed by atoms with Crippen molar-refractivity contribution in [2.45, 2.75) is 168 Å². The Kier molecular flexibility index (Phi) is 24.3. The smallest absolute Gasteiger partial charge is 0.303 e. The monoisotopic (exact) mass is 424 g/mol. The molecule has 0 bridgehead atoms. The quantitative estimate of drug-likeness (QED) is 0.148. The molecule has 0 rings (SSSR count). The molecule has 0 amide bonds. The molecule has 0 aliphatic rings. The summed E-state index contributed by atoms with van der Waals surface area (Å²) in [6, 6.07) is 0. The van der Waals surface area contributed by atoms with Gasteiger partial charge in [0.25, 0.3) is 0 Å². The summed E-state index contributed by atoms with van der Waals surface area (Å²) in [5.41, 5.74) is 0. The third-order valence-corrected chi connectivity index (χ3v) is 6.42. The fraction of sp³-hybridized carbons (Fsp3) is 0.964. The highest BCUT2D eigenvalue weighted by Gasteiger charge is 1.98. The lowest BCUT2D eigenvalue weighted by atomic mass is 10.0. The standard InChI is InChI=1S/C28H56O2/c1-27(2)25-23-21-19-17-15-13-11-9-7-5-3-4-6-8-10-12-14-16-18-20-22-24-26-28(29)30/h27H,3-26H2,1-2H3,(H,29,30). The van der Waals surface area contributed by atoms with Gasteiger partial charge in [-0.2, -0.15) is 0 Å². The van der Waals surface area contributed by atoms with Crippen LogP contribution in [0.15, 0.2) is 0 Å². The number of carboxylic acids is 1. The van der Waals surface area contributed by atoms with E-state index in [0.717, 1.165) is 18.8 Å². The van der Waals surface area contributed by atoms with Crippen LogP contribution in [0.4, 0.5) is 0 Å². The number of hydrogen-bond donors (Lipinski definition) is 1. The van der Waals surface area contributed by atoms with Gasteiger partial charge in [-0.1, -0.05) is 155 Å². The number of aliphatic carboxylic acids is 1. The molecule has 2 nitrogen and oxygen atoms in total. The summed E-state index contributed by atoms with van der Waals surface area (Å²) in [4.78, 5) is 10.4. The molecule has 0 saturated heterocycles. The molecule has 0 unspecified atom stereocenters. The summed E-state index contributed by atoms with van der Waals surface area (Å²) in [6.45, 7) is 4.67. The molecule has 0 spiro atoms. The Morgan fingerprint density at radius 1 is 0.467 bits per heavy atom. The Balaban J connectivity index is 3.01. The van der Waals surface area contributed by atoms with E-state index in [4.69, 9.17) is 5.11 Å². The molecule has 0 saturated carbocycles. The third-order valence-electron chi connectivity index (χ3n) is 6.42. The van der Waals surface area contributed by atoms with E-state index in [-0.39, 0.29) is 0 Å². The average Bonchev–Trinajstić information content (AvgIpc) is 2.70. The van der Waals surface area contributed by atoms with E-state index in [2.05, 4.69) is 13.8 Å². The molecule has 0 aromatic heterocycles. The van der Waals surface area contributed by atoms with Crippen molar-refractivity contribution in [2.24, 2.45) is 5.92 Å². The van der Waals surface area contributed by atoms with E-state index < -0.39 is 5.97 Å². The predicted octanol–water partition coefficient (Wildman–Crippen LogP) is 10.1. The largest absolute Gasteiger partial charge is 0.481 e. The maximum atomic E-state index is 10.4. The van der Waals surface area contributed by atoms with Crippen molar-refractivity contribution in [3.63, 3.8) is 0 Å². The van der Waals surface area contributed by atoms with Crippen LogP contribution in [0.1, 0.15) is 168 Å². The van der Waals surface area contributed by atoms with Crippen molar-refractivity contribution in [2.75, 3.05) is 0 Å². The molecule has 0 aliphatic carbocycles. The van der Waals surface area contributed by atoms with Crippen molar-refractivity contribution in [3.05, 3.63) is 0 Å². The molecular weight excluding hydrogens is 368 g/mol. The maximum Gasteiger partial charge on any atom is 0.303 e. The highest BCUT2D eigenvalue weighted by atomic mass is 16.4. The minimum atomic E-state index is -0.649. The van der Waals surface area contributed by atoms with Crippen LogP contribution in [-0.4, -0.2) is 11.1 Å². The van der Waals surface area contributed by atoms with E-state index in [1.54, 1.807) is 0 Å². The van der Waals surface area contributed by atoms with Gasteiger partial charge >= 0.3 is 5.97 Å². The van der Waals surface area contributed by atoms with Gasteiger partial charge in [-0.3, -0.25) is 4.79 Å². The molecule has 0 radical (unpaired) electrons. The first-order valence-corrected chi connectivity index (χ1v) is 13.8. The van der Waals surface area contributed by atoms with Gasteiger partial charge in [0.2, 0.25) is 0 Å². The van der Waals surface area contributed by atoms with E-state index in [0.29, 0.717) is 6.42 Å². The molecule has 2 heteroatoms. The lowest BCUT2D eigenvalue weighted by molar-refractivity contribution is -0.137. The molecule has 0 aromatic rings. The minimum Gasteiger partial charge on any atom is -0.481 e. The topological polar surface area (TPSA) is 37.3 Å². The van der Waals surface area contributed by atoms with Crippen LogP contribution < -0.4 is 0 Å². The number of carboxylic acid groups (broad SMARTS) is 1. The molecule has 0 aromatic carbocycles. The van der Waals surface area contributed by atoms with Crippen LogP contribution in [0.3, 0.4) is 0 Å². The van der Waals surface area contributed by atoms with Crippen LogP contribution in [0.5, 0.6) is 0 Å². The molecule has 0 atom stereocenters. The molecule has 30 heavy (non-hydrogen) atoms. The van der Waals surface area contributed by atoms with Gasteiger partial charge in [0.15, 0.2) is 0 Å². The molecule has 0 heterocycles. The Morgan fingerprint density at radius 3 is 0.933 bits per heavy atom. The minimum absolute atomic E-state index is 0.346. The second kappa shape index (κ2) is 24.7. The van der Waals surface area contributed by atoms with Crippen molar-refractivity contribution in [3.8, 4) is 0 Å². The molecule has 0 fully saturated rings. The van der Waals surface area contributed by atoms with Crippen molar-refractivity contribution in [1.82, 2.24) is 0 Å². The zero-order valence-corrected chi connectivity index (χ0v) is 20.9. The zero-order valence-electron chi connectivity index (χ0n) is 20.9. The van der Waals surface area contributed by atoms with Gasteiger partial charge in [0.1, 0.15) is 0 Å². The number of carbonyl (C=O) groups is 1. The first-order valence-electron chi connectivity index (χ1n) is 13.8. The Morgan fingerprint density at radius 2 is 0.700 bits per heavy atom. The zero-order chi connectivity index (χ0) is 22.1. The van der Waals surface area contributed by atoms with Crippen molar-refractivity contribution >= 4 is 5.97 Å². The number of unbranched alkanes of at least 4 members (excludes halogenated alkanes) is 21. The highest BCUT2D eigenvalue weighted by Crippen LogP contribution is 2.16. The molecule has 0 aliphatic heterocycles. The van der Waals surface area contributed by atoms with Gasteiger partial charge in [0.05, 0.1) is 0 Å². The van der Waals surface area contributed by atoms with Crippen LogP contribution in [0.2, 0.25) is 0 Å². The first-order chi connectivity index (χ1) is 14.6. The van der Waals surface area contributed by atoms with Crippen molar-refractivity contribution < 1.29 is 9.90 Å². The summed E-state index contributed by atoms with van der Waals surface area (Å²) < 4.78 is 0. The summed E-state index contributed by atoms with van der Waals surface area (Å²) in [6.07, 6.45) is 32.1. The Hall–Kier alpha value is -0.530. The van der Waals surface area contributed by atoms with Gasteiger partial charge in [-0.05, 0) is 12.3 Å². The van der Waals surface area contributed by atoms with Crippen LogP contribution >= 0.6 is 0 Å². The fourth-order valence-electron chi connectivity index (χ4n) is 4.36. The SMILES string of the molecule is CC(C)CCCCCCCCCCCCCCCCCCCCCCCCC(=O)O. The highest BCUT2D eigenvalue weighted by molar-refractivity contribution is 5.66. The predicted molar refractivity (Wildman–Crippen MR) is 133 cm³/mol. The summed E-state index contributed by atoms with van der Waals surface area (Å²) in [7, 11) is 0. The maximum absolute atomic E-state index is 10.4. The van der Waals surface area contributed by atoms with Crippen LogP contribution in [-0.2, 0) is 4.79 Å². The second-order valence-electron chi connectivity index (χ2n) is 10.1. The summed E-state index contributed by atoms with van der Waals surface area (Å²) in [5.74, 6) is 0.235. The van der Waals surface area contributed by atoms with E-state index >= 15 is 0 Å². The number of hydrogen-bond acceptors (Lipinski definition) is 1. The average molecular weight is 425 g/mol. The van der Waals surface area contributed by atoms with Crippen molar-refractivity contribution in [1.29, 1.82) is 0 Å². The van der Waals surface area contributed by atoms with Gasteiger partial charge < -0.3 is 5.11 Å².